The van der Waals surface area contributed by atoms with Gasteiger partial charge in [0, 0.05) is 6.54 Å². The zero-order valence-corrected chi connectivity index (χ0v) is 12.1. The number of aliphatic hydroxyl groups excluding tert-OH is 1. The summed E-state index contributed by atoms with van der Waals surface area (Å²) < 4.78 is 4.86. The van der Waals surface area contributed by atoms with E-state index < -0.39 is 6.10 Å². The molecule has 1 unspecified atom stereocenters. The quantitative estimate of drug-likeness (QED) is 0.775. The summed E-state index contributed by atoms with van der Waals surface area (Å²) in [5.41, 5.74) is 0.614. The second-order valence-corrected chi connectivity index (χ2v) is 6.17. The van der Waals surface area contributed by atoms with Crippen LogP contribution in [0.1, 0.15) is 51.9 Å². The molecule has 4 heteroatoms. The molecule has 1 aliphatic carbocycles. The molecule has 1 spiro atoms. The molecular formula is C15H27NO3. The monoisotopic (exact) mass is 269 g/mol. The van der Waals surface area contributed by atoms with E-state index in [9.17, 15) is 9.90 Å². The fourth-order valence-corrected chi connectivity index (χ4v) is 3.61. The molecule has 1 N–H and O–H groups in total. The summed E-state index contributed by atoms with van der Waals surface area (Å²) in [6, 6.07) is 0. The van der Waals surface area contributed by atoms with E-state index in [0.717, 1.165) is 13.1 Å². The van der Waals surface area contributed by atoms with Crippen LogP contribution in [0.3, 0.4) is 0 Å². The number of hydrogen-bond acceptors (Lipinski definition) is 4. The Hall–Kier alpha value is -0.610. The SMILES string of the molecule is CCOC(=O)CC(O)CN1CCC2(CCCC2)CC1. The van der Waals surface area contributed by atoms with Gasteiger partial charge in [0.25, 0.3) is 0 Å². The molecule has 1 atom stereocenters. The summed E-state index contributed by atoms with van der Waals surface area (Å²) >= 11 is 0. The van der Waals surface area contributed by atoms with Gasteiger partial charge < -0.3 is 14.7 Å². The molecular weight excluding hydrogens is 242 g/mol. The summed E-state index contributed by atoms with van der Waals surface area (Å²) in [5.74, 6) is -0.292. The van der Waals surface area contributed by atoms with Gasteiger partial charge in [-0.15, -0.1) is 0 Å². The largest absolute Gasteiger partial charge is 0.466 e. The first-order valence-corrected chi connectivity index (χ1v) is 7.70. The van der Waals surface area contributed by atoms with Gasteiger partial charge in [-0.25, -0.2) is 0 Å². The molecule has 1 saturated heterocycles. The van der Waals surface area contributed by atoms with Crippen molar-refractivity contribution in [2.45, 2.75) is 58.0 Å². The van der Waals surface area contributed by atoms with Crippen molar-refractivity contribution >= 4 is 5.97 Å². The van der Waals surface area contributed by atoms with Crippen LogP contribution in [0.4, 0.5) is 0 Å². The van der Waals surface area contributed by atoms with Crippen LogP contribution in [0.25, 0.3) is 0 Å². The average Bonchev–Trinajstić information content (AvgIpc) is 2.81. The van der Waals surface area contributed by atoms with Gasteiger partial charge in [0.05, 0.1) is 19.1 Å². The van der Waals surface area contributed by atoms with Gasteiger partial charge in [-0.05, 0) is 51.1 Å². The van der Waals surface area contributed by atoms with E-state index >= 15 is 0 Å². The lowest BCUT2D eigenvalue weighted by Crippen LogP contribution is -2.42. The molecule has 0 aromatic heterocycles. The van der Waals surface area contributed by atoms with E-state index in [-0.39, 0.29) is 12.4 Å². The molecule has 110 valence electrons. The second kappa shape index (κ2) is 6.71. The van der Waals surface area contributed by atoms with Crippen molar-refractivity contribution in [1.29, 1.82) is 0 Å². The molecule has 0 bridgehead atoms. The van der Waals surface area contributed by atoms with Gasteiger partial charge in [-0.1, -0.05) is 12.8 Å². The van der Waals surface area contributed by atoms with Crippen LogP contribution in [-0.2, 0) is 9.53 Å². The van der Waals surface area contributed by atoms with Crippen molar-refractivity contribution in [1.82, 2.24) is 4.90 Å². The number of nitrogens with zero attached hydrogens (tertiary/aromatic N) is 1. The van der Waals surface area contributed by atoms with Crippen LogP contribution in [0, 0.1) is 5.41 Å². The highest BCUT2D eigenvalue weighted by Crippen LogP contribution is 2.46. The predicted molar refractivity (Wildman–Crippen MR) is 73.8 cm³/mol. The first-order valence-electron chi connectivity index (χ1n) is 7.70. The standard InChI is InChI=1S/C15H27NO3/c1-2-19-14(18)11-13(17)12-16-9-7-15(8-10-16)5-3-4-6-15/h13,17H,2-12H2,1H3. The lowest BCUT2D eigenvalue weighted by Gasteiger charge is -2.40. The van der Waals surface area contributed by atoms with E-state index in [2.05, 4.69) is 4.90 Å². The van der Waals surface area contributed by atoms with Gasteiger partial charge in [-0.2, -0.15) is 0 Å². The molecule has 1 heterocycles. The number of aliphatic hydroxyl groups is 1. The van der Waals surface area contributed by atoms with E-state index in [1.54, 1.807) is 6.92 Å². The third-order valence-electron chi connectivity index (χ3n) is 4.76. The van der Waals surface area contributed by atoms with E-state index in [1.807, 2.05) is 0 Å². The zero-order chi connectivity index (χ0) is 13.7. The van der Waals surface area contributed by atoms with Crippen molar-refractivity contribution in [3.63, 3.8) is 0 Å². The van der Waals surface area contributed by atoms with Crippen molar-refractivity contribution in [3.05, 3.63) is 0 Å². The number of carbonyl (C=O) groups is 1. The van der Waals surface area contributed by atoms with Crippen LogP contribution in [0.5, 0.6) is 0 Å². The maximum Gasteiger partial charge on any atom is 0.308 e. The normalized spacial score (nSPS) is 24.5. The summed E-state index contributed by atoms with van der Waals surface area (Å²) in [6.07, 6.45) is 7.64. The van der Waals surface area contributed by atoms with Gasteiger partial charge >= 0.3 is 5.97 Å². The van der Waals surface area contributed by atoms with Crippen LogP contribution >= 0.6 is 0 Å². The van der Waals surface area contributed by atoms with Crippen LogP contribution in [-0.4, -0.2) is 48.3 Å². The number of carbonyl (C=O) groups excluding carboxylic acids is 1. The molecule has 2 aliphatic rings. The van der Waals surface area contributed by atoms with Crippen LogP contribution in [0.2, 0.25) is 0 Å². The Morgan fingerprint density at radius 2 is 1.89 bits per heavy atom. The lowest BCUT2D eigenvalue weighted by atomic mass is 9.77. The molecule has 2 fully saturated rings. The third kappa shape index (κ3) is 4.18. The third-order valence-corrected chi connectivity index (χ3v) is 4.76. The van der Waals surface area contributed by atoms with E-state index in [4.69, 9.17) is 4.74 Å². The Morgan fingerprint density at radius 1 is 1.26 bits per heavy atom. The Balaban J connectivity index is 1.68. The number of hydrogen-bond donors (Lipinski definition) is 1. The minimum absolute atomic E-state index is 0.121. The fourth-order valence-electron chi connectivity index (χ4n) is 3.61. The first kappa shape index (κ1) is 14.8. The summed E-state index contributed by atoms with van der Waals surface area (Å²) in [5, 5.41) is 9.91. The number of esters is 1. The van der Waals surface area contributed by atoms with Crippen LogP contribution in [0.15, 0.2) is 0 Å². The summed E-state index contributed by atoms with van der Waals surface area (Å²) in [6.45, 7) is 4.92. The highest BCUT2D eigenvalue weighted by Gasteiger charge is 2.37. The smallest absolute Gasteiger partial charge is 0.308 e. The molecule has 19 heavy (non-hydrogen) atoms. The predicted octanol–water partition coefficient (Wildman–Crippen LogP) is 1.96. The van der Waals surface area contributed by atoms with Crippen molar-refractivity contribution in [2.24, 2.45) is 5.41 Å². The van der Waals surface area contributed by atoms with Gasteiger partial charge in [0.2, 0.25) is 0 Å². The maximum atomic E-state index is 11.3. The topological polar surface area (TPSA) is 49.8 Å². The molecule has 0 amide bonds. The highest BCUT2D eigenvalue weighted by molar-refractivity contribution is 5.69. The number of rotatable bonds is 5. The van der Waals surface area contributed by atoms with Gasteiger partial charge in [0.1, 0.15) is 0 Å². The summed E-state index contributed by atoms with van der Waals surface area (Å²) in [4.78, 5) is 13.6. The van der Waals surface area contributed by atoms with Gasteiger partial charge in [0.15, 0.2) is 0 Å². The minimum atomic E-state index is -0.586. The molecule has 2 rings (SSSR count). The average molecular weight is 269 g/mol. The fraction of sp³-hybridized carbons (Fsp3) is 0.933. The molecule has 1 aliphatic heterocycles. The molecule has 1 saturated carbocycles. The van der Waals surface area contributed by atoms with E-state index in [0.29, 0.717) is 18.6 Å². The lowest BCUT2D eigenvalue weighted by molar-refractivity contribution is -0.145. The molecule has 0 radical (unpaired) electrons. The zero-order valence-electron chi connectivity index (χ0n) is 12.1. The Labute approximate surface area is 116 Å². The second-order valence-electron chi connectivity index (χ2n) is 6.17. The molecule has 0 aromatic carbocycles. The first-order chi connectivity index (χ1) is 9.13. The Kier molecular flexibility index (Phi) is 5.22. The molecule has 4 nitrogen and oxygen atoms in total. The Bertz CT molecular complexity index is 290. The van der Waals surface area contributed by atoms with Gasteiger partial charge in [-0.3, -0.25) is 4.79 Å². The van der Waals surface area contributed by atoms with Crippen molar-refractivity contribution in [2.75, 3.05) is 26.2 Å². The summed E-state index contributed by atoms with van der Waals surface area (Å²) in [7, 11) is 0. The maximum absolute atomic E-state index is 11.3. The number of piperidine rings is 1. The van der Waals surface area contributed by atoms with E-state index in [1.165, 1.54) is 38.5 Å². The Morgan fingerprint density at radius 3 is 2.47 bits per heavy atom. The molecule has 0 aromatic rings. The highest BCUT2D eigenvalue weighted by atomic mass is 16.5. The van der Waals surface area contributed by atoms with Crippen LogP contribution < -0.4 is 0 Å². The van der Waals surface area contributed by atoms with Crippen molar-refractivity contribution in [3.8, 4) is 0 Å². The minimum Gasteiger partial charge on any atom is -0.466 e. The number of ether oxygens (including phenoxy) is 1. The number of likely N-dealkylation sites (tertiary alicyclic amines) is 1. The van der Waals surface area contributed by atoms with Crippen molar-refractivity contribution < 1.29 is 14.6 Å². The number of β-amino-alcohol motifs (C(OH)–C–C–N with tert-alkyl or cyclic N) is 1.